The Kier molecular flexibility index (Phi) is 2.19. The van der Waals surface area contributed by atoms with E-state index in [1.54, 1.807) is 6.20 Å². The zero-order valence-electron chi connectivity index (χ0n) is 6.27. The van der Waals surface area contributed by atoms with Crippen LogP contribution in [0.1, 0.15) is 16.1 Å². The fraction of sp³-hybridized carbons (Fsp3) is 0.286. The zero-order chi connectivity index (χ0) is 8.43. The van der Waals surface area contributed by atoms with E-state index in [1.807, 2.05) is 6.92 Å². The van der Waals surface area contributed by atoms with Crippen molar-refractivity contribution in [2.24, 2.45) is 0 Å². The second-order valence-electron chi connectivity index (χ2n) is 2.15. The normalized spacial score (nSPS) is 9.73. The van der Waals surface area contributed by atoms with Crippen molar-refractivity contribution in [3.63, 3.8) is 0 Å². The molecule has 0 unspecified atom stereocenters. The monoisotopic (exact) mass is 173 g/mol. The lowest BCUT2D eigenvalue weighted by molar-refractivity contribution is 0.0595. The number of carbonyl (C=O) groups excluding carboxylic acids is 1. The molecule has 0 amide bonds. The first-order valence-corrected chi connectivity index (χ1v) is 3.46. The van der Waals surface area contributed by atoms with Crippen LogP contribution >= 0.6 is 11.6 Å². The number of esters is 1. The lowest BCUT2D eigenvalue weighted by Crippen LogP contribution is -2.01. The molecule has 0 aliphatic carbocycles. The fourth-order valence-corrected chi connectivity index (χ4v) is 0.941. The van der Waals surface area contributed by atoms with Gasteiger partial charge in [-0.1, -0.05) is 11.6 Å². The molecular formula is C7H8ClNO2. The molecule has 1 aromatic rings. The molecule has 0 spiro atoms. The quantitative estimate of drug-likeness (QED) is 0.658. The summed E-state index contributed by atoms with van der Waals surface area (Å²) in [6.45, 7) is 1.81. The lowest BCUT2D eigenvalue weighted by atomic mass is 10.3. The second kappa shape index (κ2) is 2.96. The molecule has 4 heteroatoms. The molecule has 0 fully saturated rings. The minimum atomic E-state index is -0.442. The SMILES string of the molecule is COC(=O)c1[nH]cc(C)c1Cl. The molecule has 3 nitrogen and oxygen atoms in total. The topological polar surface area (TPSA) is 42.1 Å². The van der Waals surface area contributed by atoms with Crippen LogP contribution in [0.25, 0.3) is 0 Å². The third-order valence-electron chi connectivity index (χ3n) is 1.39. The van der Waals surface area contributed by atoms with Crippen molar-refractivity contribution in [3.8, 4) is 0 Å². The summed E-state index contributed by atoms with van der Waals surface area (Å²) < 4.78 is 4.48. The van der Waals surface area contributed by atoms with Crippen molar-refractivity contribution in [1.29, 1.82) is 0 Å². The Balaban J connectivity index is 3.04. The van der Waals surface area contributed by atoms with Crippen LogP contribution in [0.5, 0.6) is 0 Å². The number of hydrogen-bond donors (Lipinski definition) is 1. The van der Waals surface area contributed by atoms with E-state index < -0.39 is 5.97 Å². The molecule has 0 aromatic carbocycles. The predicted octanol–water partition coefficient (Wildman–Crippen LogP) is 1.76. The molecule has 0 radical (unpaired) electrons. The van der Waals surface area contributed by atoms with Gasteiger partial charge in [0, 0.05) is 6.20 Å². The highest BCUT2D eigenvalue weighted by molar-refractivity contribution is 6.34. The zero-order valence-corrected chi connectivity index (χ0v) is 7.03. The Bertz CT molecular complexity index is 280. The van der Waals surface area contributed by atoms with E-state index in [0.29, 0.717) is 10.7 Å². The smallest absolute Gasteiger partial charge is 0.356 e. The minimum absolute atomic E-state index is 0.312. The summed E-state index contributed by atoms with van der Waals surface area (Å²) in [7, 11) is 1.31. The molecular weight excluding hydrogens is 166 g/mol. The predicted molar refractivity (Wildman–Crippen MR) is 41.9 cm³/mol. The van der Waals surface area contributed by atoms with Gasteiger partial charge in [0.15, 0.2) is 0 Å². The van der Waals surface area contributed by atoms with Gasteiger partial charge >= 0.3 is 5.97 Å². The van der Waals surface area contributed by atoms with Crippen molar-refractivity contribution in [2.75, 3.05) is 7.11 Å². The Morgan fingerprint density at radius 3 is 2.73 bits per heavy atom. The van der Waals surface area contributed by atoms with Gasteiger partial charge in [-0.3, -0.25) is 0 Å². The van der Waals surface area contributed by atoms with Gasteiger partial charge in [-0.15, -0.1) is 0 Å². The highest BCUT2D eigenvalue weighted by atomic mass is 35.5. The number of halogens is 1. The minimum Gasteiger partial charge on any atom is -0.464 e. The molecule has 1 heterocycles. The van der Waals surface area contributed by atoms with Gasteiger partial charge in [0.2, 0.25) is 0 Å². The highest BCUT2D eigenvalue weighted by Crippen LogP contribution is 2.19. The summed E-state index contributed by atoms with van der Waals surface area (Å²) in [5.41, 5.74) is 1.15. The van der Waals surface area contributed by atoms with Crippen LogP contribution in [0.2, 0.25) is 5.02 Å². The van der Waals surface area contributed by atoms with E-state index in [2.05, 4.69) is 9.72 Å². The van der Waals surface area contributed by atoms with Gasteiger partial charge in [0.25, 0.3) is 0 Å². The second-order valence-corrected chi connectivity index (χ2v) is 2.53. The first-order valence-electron chi connectivity index (χ1n) is 3.08. The Morgan fingerprint density at radius 2 is 2.36 bits per heavy atom. The molecule has 1 N–H and O–H groups in total. The van der Waals surface area contributed by atoms with Gasteiger partial charge < -0.3 is 9.72 Å². The molecule has 60 valence electrons. The van der Waals surface area contributed by atoms with Crippen LogP contribution in [0.4, 0.5) is 0 Å². The number of carbonyl (C=O) groups is 1. The van der Waals surface area contributed by atoms with E-state index in [4.69, 9.17) is 11.6 Å². The number of hydrogen-bond acceptors (Lipinski definition) is 2. The maximum Gasteiger partial charge on any atom is 0.356 e. The van der Waals surface area contributed by atoms with Crippen molar-refractivity contribution >= 4 is 17.6 Å². The first-order chi connectivity index (χ1) is 5.16. The third kappa shape index (κ3) is 1.38. The van der Waals surface area contributed by atoms with E-state index in [-0.39, 0.29) is 0 Å². The Morgan fingerprint density at radius 1 is 1.73 bits per heavy atom. The van der Waals surface area contributed by atoms with Crippen LogP contribution in [0.15, 0.2) is 6.20 Å². The van der Waals surface area contributed by atoms with Gasteiger partial charge in [0.05, 0.1) is 12.1 Å². The molecule has 0 aliphatic rings. The van der Waals surface area contributed by atoms with Gasteiger partial charge in [-0.05, 0) is 12.5 Å². The maximum atomic E-state index is 10.9. The molecule has 0 saturated carbocycles. The molecule has 0 bridgehead atoms. The summed E-state index contributed by atoms with van der Waals surface area (Å²) >= 11 is 5.75. The molecule has 0 aliphatic heterocycles. The summed E-state index contributed by atoms with van der Waals surface area (Å²) in [6.07, 6.45) is 1.66. The fourth-order valence-electron chi connectivity index (χ4n) is 0.755. The summed E-state index contributed by atoms with van der Waals surface area (Å²) in [5.74, 6) is -0.442. The number of methoxy groups -OCH3 is 1. The van der Waals surface area contributed by atoms with E-state index >= 15 is 0 Å². The average Bonchev–Trinajstić information content (AvgIpc) is 2.32. The van der Waals surface area contributed by atoms with E-state index in [0.717, 1.165) is 5.56 Å². The van der Waals surface area contributed by atoms with E-state index in [9.17, 15) is 4.79 Å². The third-order valence-corrected chi connectivity index (χ3v) is 1.88. The van der Waals surface area contributed by atoms with Crippen molar-refractivity contribution in [1.82, 2.24) is 4.98 Å². The standard InChI is InChI=1S/C7H8ClNO2/c1-4-3-9-6(5(4)8)7(10)11-2/h3,9H,1-2H3. The molecule has 1 aromatic heterocycles. The molecule has 1 rings (SSSR count). The first kappa shape index (κ1) is 8.14. The van der Waals surface area contributed by atoms with Crippen LogP contribution < -0.4 is 0 Å². The van der Waals surface area contributed by atoms with Gasteiger partial charge in [-0.25, -0.2) is 4.79 Å². The number of aromatic amines is 1. The van der Waals surface area contributed by atoms with Crippen LogP contribution in [0, 0.1) is 6.92 Å². The van der Waals surface area contributed by atoms with Crippen LogP contribution in [-0.2, 0) is 4.74 Å². The maximum absolute atomic E-state index is 10.9. The summed E-state index contributed by atoms with van der Waals surface area (Å²) in [4.78, 5) is 13.6. The number of ether oxygens (including phenoxy) is 1. The largest absolute Gasteiger partial charge is 0.464 e. The van der Waals surface area contributed by atoms with Crippen LogP contribution in [0.3, 0.4) is 0 Å². The highest BCUT2D eigenvalue weighted by Gasteiger charge is 2.13. The number of H-pyrrole nitrogens is 1. The number of nitrogens with one attached hydrogen (secondary N) is 1. The average molecular weight is 174 g/mol. The van der Waals surface area contributed by atoms with Crippen LogP contribution in [-0.4, -0.2) is 18.1 Å². The number of aryl methyl sites for hydroxylation is 1. The number of rotatable bonds is 1. The molecule has 0 atom stereocenters. The number of aromatic nitrogens is 1. The van der Waals surface area contributed by atoms with E-state index in [1.165, 1.54) is 7.11 Å². The van der Waals surface area contributed by atoms with Crippen molar-refractivity contribution in [2.45, 2.75) is 6.92 Å². The van der Waals surface area contributed by atoms with Crippen molar-refractivity contribution < 1.29 is 9.53 Å². The Hall–Kier alpha value is -0.960. The van der Waals surface area contributed by atoms with Gasteiger partial charge in [0.1, 0.15) is 5.69 Å². The summed E-state index contributed by atoms with van der Waals surface area (Å²) in [5, 5.41) is 0.428. The van der Waals surface area contributed by atoms with Crippen molar-refractivity contribution in [3.05, 3.63) is 22.5 Å². The molecule has 0 saturated heterocycles. The summed E-state index contributed by atoms with van der Waals surface area (Å²) in [6, 6.07) is 0. The molecule has 11 heavy (non-hydrogen) atoms. The lowest BCUT2D eigenvalue weighted by Gasteiger charge is -1.94. The Labute approximate surface area is 69.3 Å². The van der Waals surface area contributed by atoms with Gasteiger partial charge in [-0.2, -0.15) is 0 Å².